The number of quaternary nitrogens is 1. The fourth-order valence-corrected chi connectivity index (χ4v) is 6.24. The monoisotopic (exact) mass is 769 g/mol. The highest BCUT2D eigenvalue weighted by Gasteiger charge is 2.25. The maximum Gasteiger partial charge on any atom is 0.361 e. The lowest BCUT2D eigenvalue weighted by molar-refractivity contribution is -0.870. The van der Waals surface area contributed by atoms with Crippen molar-refractivity contribution in [2.24, 2.45) is 0 Å². The molecule has 0 amide bonds. The van der Waals surface area contributed by atoms with Crippen LogP contribution in [0.3, 0.4) is 0 Å². The average Bonchev–Trinajstić information content (AvgIpc) is 3.12. The molecule has 0 saturated heterocycles. The first-order valence-electron chi connectivity index (χ1n) is 22.4. The number of hydrogen-bond acceptors (Lipinski definition) is 7. The van der Waals surface area contributed by atoms with Gasteiger partial charge < -0.3 is 28.5 Å². The predicted octanol–water partition coefficient (Wildman–Crippen LogP) is 11.5. The standard InChI is InChI=1S/C45H85NO8/c1-6-8-10-12-14-16-18-20-21-22-24-26-28-30-32-34-36-43(48)54-41(40-53-45(44(49)50)51-38-37-46(3,4)5)39-52-42(47)35-33-31-29-27-25-23-19-17-15-13-11-9-7-2/h21-22,41,45H,6-20,23-40H2,1-5H3/p+1/b22-21-. The first-order valence-corrected chi connectivity index (χ1v) is 22.4. The van der Waals surface area contributed by atoms with Gasteiger partial charge in [0.25, 0.3) is 6.29 Å². The van der Waals surface area contributed by atoms with Gasteiger partial charge in [-0.2, -0.15) is 0 Å². The van der Waals surface area contributed by atoms with Crippen LogP contribution < -0.4 is 0 Å². The van der Waals surface area contributed by atoms with Gasteiger partial charge in [-0.3, -0.25) is 9.59 Å². The molecule has 0 aromatic heterocycles. The zero-order valence-electron chi connectivity index (χ0n) is 35.9. The van der Waals surface area contributed by atoms with Crippen LogP contribution in [0.1, 0.15) is 200 Å². The molecule has 0 aromatic carbocycles. The molecule has 54 heavy (non-hydrogen) atoms. The quantitative estimate of drug-likeness (QED) is 0.0215. The molecule has 0 aliphatic rings. The molecule has 2 atom stereocenters. The Hall–Kier alpha value is -1.97. The maximum atomic E-state index is 12.7. The van der Waals surface area contributed by atoms with E-state index in [1.54, 1.807) is 0 Å². The minimum absolute atomic E-state index is 0.180. The van der Waals surface area contributed by atoms with Crippen molar-refractivity contribution in [2.75, 3.05) is 47.5 Å². The highest BCUT2D eigenvalue weighted by atomic mass is 16.7. The molecule has 2 unspecified atom stereocenters. The molecule has 0 saturated carbocycles. The van der Waals surface area contributed by atoms with Crippen molar-refractivity contribution in [3.63, 3.8) is 0 Å². The number of ether oxygens (including phenoxy) is 4. The van der Waals surface area contributed by atoms with Gasteiger partial charge in [0.05, 0.1) is 34.4 Å². The number of rotatable bonds is 41. The van der Waals surface area contributed by atoms with Gasteiger partial charge in [0.1, 0.15) is 13.2 Å². The van der Waals surface area contributed by atoms with E-state index < -0.39 is 24.3 Å². The molecular formula is C45H86NO8+. The number of carbonyl (C=O) groups excluding carboxylic acids is 2. The molecular weight excluding hydrogens is 682 g/mol. The highest BCUT2D eigenvalue weighted by Crippen LogP contribution is 2.15. The second-order valence-electron chi connectivity index (χ2n) is 16.4. The number of hydrogen-bond donors (Lipinski definition) is 1. The molecule has 0 aromatic rings. The minimum atomic E-state index is -1.51. The van der Waals surface area contributed by atoms with Crippen LogP contribution in [0.15, 0.2) is 12.2 Å². The van der Waals surface area contributed by atoms with E-state index in [1.807, 2.05) is 21.1 Å². The second-order valence-corrected chi connectivity index (χ2v) is 16.4. The summed E-state index contributed by atoms with van der Waals surface area (Å²) in [5.41, 5.74) is 0. The molecule has 0 heterocycles. The fraction of sp³-hybridized carbons (Fsp3) is 0.889. The summed E-state index contributed by atoms with van der Waals surface area (Å²) in [6.07, 6.45) is 35.5. The summed E-state index contributed by atoms with van der Waals surface area (Å²) in [6, 6.07) is 0. The number of esters is 2. The minimum Gasteiger partial charge on any atom is -0.477 e. The Morgan fingerprint density at radius 1 is 0.537 bits per heavy atom. The number of carboxylic acid groups (broad SMARTS) is 1. The van der Waals surface area contributed by atoms with Gasteiger partial charge >= 0.3 is 17.9 Å². The number of nitrogens with zero attached hydrogens (tertiary/aromatic N) is 1. The van der Waals surface area contributed by atoms with Crippen LogP contribution in [0.5, 0.6) is 0 Å². The third-order valence-corrected chi connectivity index (χ3v) is 9.77. The van der Waals surface area contributed by atoms with Crippen molar-refractivity contribution < 1.29 is 42.9 Å². The second kappa shape index (κ2) is 37.9. The van der Waals surface area contributed by atoms with E-state index in [0.29, 0.717) is 23.9 Å². The normalized spacial score (nSPS) is 13.0. The number of unbranched alkanes of at least 4 members (excludes halogenated alkanes) is 24. The lowest BCUT2D eigenvalue weighted by atomic mass is 10.0. The van der Waals surface area contributed by atoms with Gasteiger partial charge in [0.15, 0.2) is 6.10 Å². The van der Waals surface area contributed by atoms with Gasteiger partial charge in [-0.05, 0) is 38.5 Å². The molecule has 0 fully saturated rings. The third-order valence-electron chi connectivity index (χ3n) is 9.77. The van der Waals surface area contributed by atoms with Crippen molar-refractivity contribution in [3.8, 4) is 0 Å². The van der Waals surface area contributed by atoms with Crippen molar-refractivity contribution in [1.29, 1.82) is 0 Å². The van der Waals surface area contributed by atoms with Gasteiger partial charge in [0, 0.05) is 12.8 Å². The van der Waals surface area contributed by atoms with E-state index in [-0.39, 0.29) is 32.2 Å². The Morgan fingerprint density at radius 2 is 0.944 bits per heavy atom. The molecule has 0 aliphatic carbocycles. The third kappa shape index (κ3) is 38.3. The highest BCUT2D eigenvalue weighted by molar-refractivity contribution is 5.71. The molecule has 0 aliphatic heterocycles. The summed E-state index contributed by atoms with van der Waals surface area (Å²) in [7, 11) is 5.95. The summed E-state index contributed by atoms with van der Waals surface area (Å²) in [5.74, 6) is -2.01. The first-order chi connectivity index (χ1) is 26.1. The van der Waals surface area contributed by atoms with E-state index in [9.17, 15) is 19.5 Å². The number of allylic oxidation sites excluding steroid dienone is 2. The first kappa shape index (κ1) is 52.0. The summed E-state index contributed by atoms with van der Waals surface area (Å²) in [5, 5.41) is 9.62. The van der Waals surface area contributed by atoms with Gasteiger partial charge in [-0.25, -0.2) is 4.79 Å². The van der Waals surface area contributed by atoms with Gasteiger partial charge in [-0.1, -0.05) is 161 Å². The molecule has 9 nitrogen and oxygen atoms in total. The smallest absolute Gasteiger partial charge is 0.361 e. The van der Waals surface area contributed by atoms with Crippen molar-refractivity contribution >= 4 is 17.9 Å². The Kier molecular flexibility index (Phi) is 36.5. The Bertz CT molecular complexity index is 903. The fourth-order valence-electron chi connectivity index (χ4n) is 6.24. The summed E-state index contributed by atoms with van der Waals surface area (Å²) < 4.78 is 22.7. The SMILES string of the molecule is CCCCCCCCC/C=C\CCCCCCCC(=O)OC(COC(=O)CCCCCCCCCCCCCCC)COC(OCC[N+](C)(C)C)C(=O)O. The summed E-state index contributed by atoms with van der Waals surface area (Å²) in [4.78, 5) is 37.0. The van der Waals surface area contributed by atoms with E-state index in [4.69, 9.17) is 18.9 Å². The topological polar surface area (TPSA) is 108 Å². The van der Waals surface area contributed by atoms with E-state index in [0.717, 1.165) is 51.4 Å². The Balaban J connectivity index is 4.44. The summed E-state index contributed by atoms with van der Waals surface area (Å²) >= 11 is 0. The van der Waals surface area contributed by atoms with Crippen LogP contribution in [0.4, 0.5) is 0 Å². The molecule has 0 radical (unpaired) electrons. The number of likely N-dealkylation sites (N-methyl/N-ethyl adjacent to an activating group) is 1. The largest absolute Gasteiger partial charge is 0.477 e. The molecule has 9 heteroatoms. The van der Waals surface area contributed by atoms with Crippen LogP contribution in [0.25, 0.3) is 0 Å². The summed E-state index contributed by atoms with van der Waals surface area (Å²) in [6.45, 7) is 4.87. The molecule has 318 valence electrons. The van der Waals surface area contributed by atoms with E-state index in [1.165, 1.54) is 116 Å². The lowest BCUT2D eigenvalue weighted by Crippen LogP contribution is -2.40. The number of carboxylic acids is 1. The van der Waals surface area contributed by atoms with Crippen molar-refractivity contribution in [2.45, 2.75) is 212 Å². The van der Waals surface area contributed by atoms with Gasteiger partial charge in [-0.15, -0.1) is 0 Å². The number of aliphatic carboxylic acids is 1. The molecule has 0 rings (SSSR count). The average molecular weight is 769 g/mol. The van der Waals surface area contributed by atoms with Crippen LogP contribution in [-0.4, -0.2) is 87.4 Å². The van der Waals surface area contributed by atoms with Gasteiger partial charge in [0.2, 0.25) is 0 Å². The van der Waals surface area contributed by atoms with Crippen molar-refractivity contribution in [3.05, 3.63) is 12.2 Å². The van der Waals surface area contributed by atoms with Crippen LogP contribution >= 0.6 is 0 Å². The molecule has 0 bridgehead atoms. The zero-order valence-corrected chi connectivity index (χ0v) is 35.9. The predicted molar refractivity (Wildman–Crippen MR) is 221 cm³/mol. The molecule has 0 spiro atoms. The Morgan fingerprint density at radius 3 is 1.37 bits per heavy atom. The number of carbonyl (C=O) groups is 3. The van der Waals surface area contributed by atoms with E-state index >= 15 is 0 Å². The van der Waals surface area contributed by atoms with Crippen LogP contribution in [0.2, 0.25) is 0 Å². The lowest BCUT2D eigenvalue weighted by Gasteiger charge is -2.25. The zero-order chi connectivity index (χ0) is 40.0. The molecule has 1 N–H and O–H groups in total. The Labute approximate surface area is 332 Å². The van der Waals surface area contributed by atoms with Crippen molar-refractivity contribution in [1.82, 2.24) is 0 Å². The van der Waals surface area contributed by atoms with Crippen LogP contribution in [0, 0.1) is 0 Å². The van der Waals surface area contributed by atoms with E-state index in [2.05, 4.69) is 26.0 Å². The maximum absolute atomic E-state index is 12.7. The van der Waals surface area contributed by atoms with Crippen LogP contribution in [-0.2, 0) is 33.3 Å².